The van der Waals surface area contributed by atoms with E-state index in [1.54, 1.807) is 6.20 Å². The molecule has 1 heterocycles. The van der Waals surface area contributed by atoms with E-state index in [0.29, 0.717) is 11.4 Å². The van der Waals surface area contributed by atoms with Crippen LogP contribution in [0.25, 0.3) is 22.3 Å². The number of anilines is 1. The zero-order valence-electron chi connectivity index (χ0n) is 14.8. The van der Waals surface area contributed by atoms with Gasteiger partial charge in [0.1, 0.15) is 5.82 Å². The van der Waals surface area contributed by atoms with E-state index in [2.05, 4.69) is 23.2 Å². The maximum absolute atomic E-state index is 9.60. The number of nitrogens with zero attached hydrogens (tertiary/aromatic N) is 2. The lowest BCUT2D eigenvalue weighted by Gasteiger charge is -2.20. The monoisotopic (exact) mass is 340 g/mol. The minimum Gasteiger partial charge on any atom is -0.383 e. The quantitative estimate of drug-likeness (QED) is 0.669. The second kappa shape index (κ2) is 6.81. The van der Waals surface area contributed by atoms with E-state index < -0.39 is 5.41 Å². The molecule has 1 aromatic heterocycles. The standard InChI is InChI=1S/C22H20N4/c1-22(2,14-24)18-11-16(15-6-4-3-5-7-15)10-17(12-18)19-8-9-26-21(25)20(19)13-23/h3-13,23H,1-2H3,(H2,25,26). The summed E-state index contributed by atoms with van der Waals surface area (Å²) in [6, 6.07) is 20.4. The van der Waals surface area contributed by atoms with Crippen LogP contribution < -0.4 is 5.73 Å². The van der Waals surface area contributed by atoms with Gasteiger partial charge in [-0.2, -0.15) is 5.26 Å². The molecule has 0 aliphatic carbocycles. The lowest BCUT2D eigenvalue weighted by molar-refractivity contribution is 0.687. The molecule has 0 aliphatic heterocycles. The van der Waals surface area contributed by atoms with Gasteiger partial charge in [-0.05, 0) is 65.9 Å². The molecule has 4 heteroatoms. The van der Waals surface area contributed by atoms with Crippen molar-refractivity contribution in [3.8, 4) is 28.3 Å². The molecule has 0 atom stereocenters. The minimum absolute atomic E-state index is 0.323. The van der Waals surface area contributed by atoms with Crippen molar-refractivity contribution in [3.05, 3.63) is 71.9 Å². The summed E-state index contributed by atoms with van der Waals surface area (Å²) in [5.74, 6) is 0.323. The zero-order valence-corrected chi connectivity index (χ0v) is 14.8. The summed E-state index contributed by atoms with van der Waals surface area (Å²) >= 11 is 0. The first-order chi connectivity index (χ1) is 12.5. The Morgan fingerprint density at radius 1 is 1.04 bits per heavy atom. The van der Waals surface area contributed by atoms with Gasteiger partial charge in [-0.3, -0.25) is 0 Å². The van der Waals surface area contributed by atoms with Crippen LogP contribution in [0.15, 0.2) is 60.8 Å². The number of nitrogens with one attached hydrogen (secondary N) is 1. The summed E-state index contributed by atoms with van der Waals surface area (Å²) in [4.78, 5) is 4.08. The van der Waals surface area contributed by atoms with Gasteiger partial charge in [0.15, 0.2) is 0 Å². The normalized spacial score (nSPS) is 11.0. The third kappa shape index (κ3) is 3.20. The first-order valence-corrected chi connectivity index (χ1v) is 8.34. The van der Waals surface area contributed by atoms with Crippen molar-refractivity contribution < 1.29 is 0 Å². The van der Waals surface area contributed by atoms with Crippen LogP contribution in [0.1, 0.15) is 25.0 Å². The number of nitrogens with two attached hydrogens (primary N) is 1. The Morgan fingerprint density at radius 2 is 1.73 bits per heavy atom. The molecule has 0 saturated heterocycles. The molecule has 0 unspecified atom stereocenters. The van der Waals surface area contributed by atoms with Gasteiger partial charge in [-0.25, -0.2) is 4.98 Å². The number of nitrogen functional groups attached to an aromatic ring is 1. The van der Waals surface area contributed by atoms with Crippen LogP contribution in [0, 0.1) is 16.7 Å². The maximum Gasteiger partial charge on any atom is 0.132 e. The van der Waals surface area contributed by atoms with Crippen molar-refractivity contribution in [2.24, 2.45) is 0 Å². The number of benzene rings is 2. The lowest BCUT2D eigenvalue weighted by Crippen LogP contribution is -2.14. The Morgan fingerprint density at radius 3 is 2.38 bits per heavy atom. The van der Waals surface area contributed by atoms with Gasteiger partial charge in [0.2, 0.25) is 0 Å². The Hall–Kier alpha value is -3.45. The van der Waals surface area contributed by atoms with Crippen LogP contribution >= 0.6 is 0 Å². The van der Waals surface area contributed by atoms with Crippen molar-refractivity contribution in [1.29, 1.82) is 10.7 Å². The number of nitriles is 1. The second-order valence-electron chi connectivity index (χ2n) is 6.70. The van der Waals surface area contributed by atoms with Gasteiger partial charge in [0.25, 0.3) is 0 Å². The Balaban J connectivity index is 2.30. The van der Waals surface area contributed by atoms with Gasteiger partial charge in [0.05, 0.1) is 11.5 Å². The van der Waals surface area contributed by atoms with Crippen LogP contribution in [0.5, 0.6) is 0 Å². The van der Waals surface area contributed by atoms with Crippen molar-refractivity contribution in [2.45, 2.75) is 19.3 Å². The second-order valence-corrected chi connectivity index (χ2v) is 6.70. The van der Waals surface area contributed by atoms with Crippen molar-refractivity contribution in [2.75, 3.05) is 5.73 Å². The van der Waals surface area contributed by atoms with Crippen LogP contribution in [0.4, 0.5) is 5.82 Å². The molecule has 0 bridgehead atoms. The summed E-state index contributed by atoms with van der Waals surface area (Å²) < 4.78 is 0. The fourth-order valence-corrected chi connectivity index (χ4v) is 2.90. The van der Waals surface area contributed by atoms with Crippen LogP contribution in [0.2, 0.25) is 0 Å². The van der Waals surface area contributed by atoms with Crippen molar-refractivity contribution in [3.63, 3.8) is 0 Å². The third-order valence-electron chi connectivity index (χ3n) is 4.52. The molecule has 0 radical (unpaired) electrons. The minimum atomic E-state index is -0.636. The van der Waals surface area contributed by atoms with Gasteiger partial charge >= 0.3 is 0 Å². The summed E-state index contributed by atoms with van der Waals surface area (Å²) in [6.45, 7) is 3.80. The summed E-state index contributed by atoms with van der Waals surface area (Å²) in [7, 11) is 0. The average Bonchev–Trinajstić information content (AvgIpc) is 2.68. The van der Waals surface area contributed by atoms with Gasteiger partial charge in [0, 0.05) is 18.0 Å². The molecule has 0 spiro atoms. The lowest BCUT2D eigenvalue weighted by atomic mass is 9.82. The molecule has 0 saturated carbocycles. The third-order valence-corrected chi connectivity index (χ3v) is 4.52. The number of hydrogen-bond donors (Lipinski definition) is 2. The van der Waals surface area contributed by atoms with E-state index >= 15 is 0 Å². The van der Waals surface area contributed by atoms with E-state index in [1.165, 1.54) is 6.21 Å². The van der Waals surface area contributed by atoms with E-state index in [1.807, 2.05) is 56.3 Å². The molecule has 2 aromatic carbocycles. The van der Waals surface area contributed by atoms with Crippen LogP contribution in [0.3, 0.4) is 0 Å². The Kier molecular flexibility index (Phi) is 4.55. The largest absolute Gasteiger partial charge is 0.383 e. The molecular formula is C22H20N4. The van der Waals surface area contributed by atoms with E-state index in [-0.39, 0.29) is 0 Å². The van der Waals surface area contributed by atoms with Gasteiger partial charge in [-0.1, -0.05) is 30.3 Å². The fraction of sp³-hybridized carbons (Fsp3) is 0.136. The van der Waals surface area contributed by atoms with E-state index in [4.69, 9.17) is 11.1 Å². The molecule has 3 aromatic rings. The molecule has 128 valence electrons. The number of pyridine rings is 1. The molecule has 3 rings (SSSR count). The maximum atomic E-state index is 9.60. The number of hydrogen-bond acceptors (Lipinski definition) is 4. The number of rotatable bonds is 4. The Labute approximate surface area is 153 Å². The molecule has 0 aliphatic rings. The predicted molar refractivity (Wildman–Crippen MR) is 106 cm³/mol. The first-order valence-electron chi connectivity index (χ1n) is 8.34. The van der Waals surface area contributed by atoms with Crippen LogP contribution in [-0.4, -0.2) is 11.2 Å². The topological polar surface area (TPSA) is 86.6 Å². The molecule has 4 nitrogen and oxygen atoms in total. The fourth-order valence-electron chi connectivity index (χ4n) is 2.90. The summed E-state index contributed by atoms with van der Waals surface area (Å²) in [6.07, 6.45) is 2.87. The zero-order chi connectivity index (χ0) is 18.7. The average molecular weight is 340 g/mol. The highest BCUT2D eigenvalue weighted by Crippen LogP contribution is 2.34. The van der Waals surface area contributed by atoms with E-state index in [0.717, 1.165) is 27.8 Å². The highest BCUT2D eigenvalue weighted by Gasteiger charge is 2.22. The van der Waals surface area contributed by atoms with Gasteiger partial charge < -0.3 is 11.1 Å². The molecule has 0 amide bonds. The molecule has 26 heavy (non-hydrogen) atoms. The SMILES string of the molecule is CC(C)(C#N)c1cc(-c2ccccc2)cc(-c2ccnc(N)c2C=N)c1. The van der Waals surface area contributed by atoms with Crippen molar-refractivity contribution >= 4 is 12.0 Å². The molecular weight excluding hydrogens is 320 g/mol. The van der Waals surface area contributed by atoms with Gasteiger partial charge in [-0.15, -0.1) is 0 Å². The molecule has 0 fully saturated rings. The summed E-state index contributed by atoms with van der Waals surface area (Å²) in [5.41, 5.74) is 10.7. The predicted octanol–water partition coefficient (Wildman–Crippen LogP) is 4.80. The number of aromatic nitrogens is 1. The van der Waals surface area contributed by atoms with E-state index in [9.17, 15) is 5.26 Å². The van der Waals surface area contributed by atoms with Crippen molar-refractivity contribution in [1.82, 2.24) is 4.98 Å². The first kappa shape index (κ1) is 17.4. The van der Waals surface area contributed by atoms with Crippen LogP contribution in [-0.2, 0) is 5.41 Å². The summed E-state index contributed by atoms with van der Waals surface area (Å²) in [5, 5.41) is 17.3. The molecule has 3 N–H and O–H groups in total. The Bertz CT molecular complexity index is 998. The highest BCUT2D eigenvalue weighted by molar-refractivity contribution is 5.94. The highest BCUT2D eigenvalue weighted by atomic mass is 14.8. The smallest absolute Gasteiger partial charge is 0.132 e.